The van der Waals surface area contributed by atoms with Gasteiger partial charge in [0.2, 0.25) is 0 Å². The summed E-state index contributed by atoms with van der Waals surface area (Å²) in [5.74, 6) is 1.36. The second-order valence-corrected chi connectivity index (χ2v) is 6.98. The van der Waals surface area contributed by atoms with Gasteiger partial charge in [0, 0.05) is 17.7 Å². The van der Waals surface area contributed by atoms with E-state index >= 15 is 0 Å². The molecule has 27 heavy (non-hydrogen) atoms. The second-order valence-electron chi connectivity index (χ2n) is 6.98. The van der Waals surface area contributed by atoms with Crippen LogP contribution in [0.4, 0.5) is 0 Å². The Kier molecular flexibility index (Phi) is 6.35. The summed E-state index contributed by atoms with van der Waals surface area (Å²) < 4.78 is 10.7. The highest BCUT2D eigenvalue weighted by Crippen LogP contribution is 2.29. The van der Waals surface area contributed by atoms with Crippen molar-refractivity contribution in [1.29, 1.82) is 0 Å². The number of amides is 1. The molecule has 1 fully saturated rings. The maximum Gasteiger partial charge on any atom is 0.251 e. The van der Waals surface area contributed by atoms with Gasteiger partial charge in [-0.25, -0.2) is 0 Å². The molecule has 0 radical (unpaired) electrons. The normalized spacial score (nSPS) is 15.4. The van der Waals surface area contributed by atoms with Gasteiger partial charge in [0.1, 0.15) is 11.5 Å². The van der Waals surface area contributed by atoms with E-state index in [1.807, 2.05) is 49.4 Å². The average Bonchev–Trinajstić information content (AvgIpc) is 3.21. The van der Waals surface area contributed by atoms with Gasteiger partial charge in [-0.2, -0.15) is 0 Å². The van der Waals surface area contributed by atoms with Crippen molar-refractivity contribution in [2.75, 3.05) is 27.3 Å². The Morgan fingerprint density at radius 1 is 1.07 bits per heavy atom. The Morgan fingerprint density at radius 2 is 1.78 bits per heavy atom. The average molecular weight is 368 g/mol. The van der Waals surface area contributed by atoms with E-state index in [0.717, 1.165) is 23.6 Å². The quantitative estimate of drug-likeness (QED) is 0.808. The van der Waals surface area contributed by atoms with E-state index in [2.05, 4.69) is 10.2 Å². The minimum absolute atomic E-state index is 0.0971. The summed E-state index contributed by atoms with van der Waals surface area (Å²) in [5.41, 5.74) is 2.79. The number of hydrogen-bond donors (Lipinski definition) is 1. The van der Waals surface area contributed by atoms with Gasteiger partial charge in [0.15, 0.2) is 0 Å². The predicted molar refractivity (Wildman–Crippen MR) is 106 cm³/mol. The fourth-order valence-corrected chi connectivity index (χ4v) is 3.50. The van der Waals surface area contributed by atoms with Gasteiger partial charge in [0.25, 0.3) is 5.91 Å². The number of benzene rings is 2. The molecule has 2 aromatic rings. The van der Waals surface area contributed by atoms with Crippen LogP contribution in [0.3, 0.4) is 0 Å². The first-order valence-corrected chi connectivity index (χ1v) is 9.45. The standard InChI is InChI=1S/C22H28N2O3/c1-16(20-14-19(26-2)10-11-21(20)27-3)23-22(25)18-8-6-17(7-9-18)15-24-12-4-5-13-24/h6-11,14,16H,4-5,12-13,15H2,1-3H3,(H,23,25)/t16-/m0/s1. The molecule has 5 nitrogen and oxygen atoms in total. The van der Waals surface area contributed by atoms with E-state index < -0.39 is 0 Å². The molecule has 1 aliphatic rings. The lowest BCUT2D eigenvalue weighted by molar-refractivity contribution is 0.0939. The monoisotopic (exact) mass is 368 g/mol. The third-order valence-corrected chi connectivity index (χ3v) is 5.07. The number of nitrogens with one attached hydrogen (secondary N) is 1. The van der Waals surface area contributed by atoms with E-state index in [1.54, 1.807) is 14.2 Å². The van der Waals surface area contributed by atoms with Crippen molar-refractivity contribution < 1.29 is 14.3 Å². The number of ether oxygens (including phenoxy) is 2. The maximum atomic E-state index is 12.6. The summed E-state index contributed by atoms with van der Waals surface area (Å²) >= 11 is 0. The van der Waals surface area contributed by atoms with Crippen LogP contribution in [-0.4, -0.2) is 38.1 Å². The van der Waals surface area contributed by atoms with Crippen LogP contribution in [0.1, 0.15) is 47.3 Å². The topological polar surface area (TPSA) is 50.8 Å². The zero-order valence-electron chi connectivity index (χ0n) is 16.3. The Hall–Kier alpha value is -2.53. The molecule has 0 aromatic heterocycles. The van der Waals surface area contributed by atoms with Gasteiger partial charge in [-0.1, -0.05) is 12.1 Å². The molecule has 5 heteroatoms. The number of likely N-dealkylation sites (tertiary alicyclic amines) is 1. The van der Waals surface area contributed by atoms with Gasteiger partial charge in [0.05, 0.1) is 20.3 Å². The molecular weight excluding hydrogens is 340 g/mol. The molecule has 144 valence electrons. The summed E-state index contributed by atoms with van der Waals surface area (Å²) in [5, 5.41) is 3.05. The number of carbonyl (C=O) groups is 1. The van der Waals surface area contributed by atoms with Crippen molar-refractivity contribution in [2.45, 2.75) is 32.4 Å². The summed E-state index contributed by atoms with van der Waals surface area (Å²) in [6.07, 6.45) is 2.57. The molecule has 1 aliphatic heterocycles. The third-order valence-electron chi connectivity index (χ3n) is 5.07. The molecule has 0 bridgehead atoms. The molecule has 0 saturated carbocycles. The number of nitrogens with zero attached hydrogens (tertiary/aromatic N) is 1. The molecule has 1 saturated heterocycles. The molecule has 1 amide bonds. The van der Waals surface area contributed by atoms with Crippen LogP contribution < -0.4 is 14.8 Å². The van der Waals surface area contributed by atoms with Crippen molar-refractivity contribution in [3.05, 3.63) is 59.2 Å². The summed E-state index contributed by atoms with van der Waals surface area (Å²) in [4.78, 5) is 15.1. The lowest BCUT2D eigenvalue weighted by Gasteiger charge is -2.18. The third kappa shape index (κ3) is 4.80. The zero-order chi connectivity index (χ0) is 19.2. The van der Waals surface area contributed by atoms with Crippen molar-refractivity contribution >= 4 is 5.91 Å². The molecular formula is C22H28N2O3. The molecule has 0 unspecified atom stereocenters. The number of methoxy groups -OCH3 is 2. The van der Waals surface area contributed by atoms with E-state index in [9.17, 15) is 4.79 Å². The molecule has 3 rings (SSSR count). The van der Waals surface area contributed by atoms with Crippen molar-refractivity contribution in [3.63, 3.8) is 0 Å². The van der Waals surface area contributed by atoms with E-state index in [1.165, 1.54) is 31.5 Å². The molecule has 1 heterocycles. The van der Waals surface area contributed by atoms with Crippen molar-refractivity contribution in [1.82, 2.24) is 10.2 Å². The second kappa shape index (κ2) is 8.91. The predicted octanol–water partition coefficient (Wildman–Crippen LogP) is 3.79. The molecule has 1 atom stereocenters. The number of carbonyl (C=O) groups excluding carboxylic acids is 1. The van der Waals surface area contributed by atoms with Gasteiger partial charge >= 0.3 is 0 Å². The summed E-state index contributed by atoms with van der Waals surface area (Å²) in [6.45, 7) is 5.24. The lowest BCUT2D eigenvalue weighted by atomic mass is 10.1. The first kappa shape index (κ1) is 19.2. The van der Waals surface area contributed by atoms with Crippen LogP contribution in [-0.2, 0) is 6.54 Å². The molecule has 2 aromatic carbocycles. The smallest absolute Gasteiger partial charge is 0.251 e. The highest BCUT2D eigenvalue weighted by molar-refractivity contribution is 5.94. The van der Waals surface area contributed by atoms with Crippen LogP contribution in [0.5, 0.6) is 11.5 Å². The summed E-state index contributed by atoms with van der Waals surface area (Å²) in [6, 6.07) is 13.3. The highest BCUT2D eigenvalue weighted by Gasteiger charge is 2.17. The molecule has 0 spiro atoms. The van der Waals surface area contributed by atoms with E-state index in [0.29, 0.717) is 5.56 Å². The fourth-order valence-electron chi connectivity index (χ4n) is 3.50. The van der Waals surface area contributed by atoms with Crippen LogP contribution in [0.2, 0.25) is 0 Å². The van der Waals surface area contributed by atoms with Crippen molar-refractivity contribution in [2.24, 2.45) is 0 Å². The van der Waals surface area contributed by atoms with Crippen LogP contribution in [0.15, 0.2) is 42.5 Å². The molecule has 0 aliphatic carbocycles. The Bertz CT molecular complexity index is 768. The minimum Gasteiger partial charge on any atom is -0.497 e. The van der Waals surface area contributed by atoms with E-state index in [-0.39, 0.29) is 11.9 Å². The van der Waals surface area contributed by atoms with Gasteiger partial charge in [-0.3, -0.25) is 9.69 Å². The van der Waals surface area contributed by atoms with Crippen LogP contribution in [0, 0.1) is 0 Å². The molecule has 1 N–H and O–H groups in total. The lowest BCUT2D eigenvalue weighted by Crippen LogP contribution is -2.27. The maximum absolute atomic E-state index is 12.6. The largest absolute Gasteiger partial charge is 0.497 e. The van der Waals surface area contributed by atoms with Crippen LogP contribution in [0.25, 0.3) is 0 Å². The minimum atomic E-state index is -0.202. The SMILES string of the molecule is COc1ccc(OC)c([C@H](C)NC(=O)c2ccc(CN3CCCC3)cc2)c1. The number of rotatable bonds is 7. The van der Waals surface area contributed by atoms with Gasteiger partial charge in [-0.05, 0) is 68.8 Å². The van der Waals surface area contributed by atoms with Gasteiger partial charge < -0.3 is 14.8 Å². The van der Waals surface area contributed by atoms with E-state index in [4.69, 9.17) is 9.47 Å². The van der Waals surface area contributed by atoms with Crippen molar-refractivity contribution in [3.8, 4) is 11.5 Å². The van der Waals surface area contributed by atoms with Gasteiger partial charge in [-0.15, -0.1) is 0 Å². The number of hydrogen-bond acceptors (Lipinski definition) is 4. The fraction of sp³-hybridized carbons (Fsp3) is 0.409. The zero-order valence-corrected chi connectivity index (χ0v) is 16.3. The van der Waals surface area contributed by atoms with Crippen LogP contribution >= 0.6 is 0 Å². The Morgan fingerprint density at radius 3 is 2.41 bits per heavy atom. The summed E-state index contributed by atoms with van der Waals surface area (Å²) in [7, 11) is 3.25. The Balaban J connectivity index is 1.65. The Labute approximate surface area is 161 Å². The first-order valence-electron chi connectivity index (χ1n) is 9.45. The first-order chi connectivity index (χ1) is 13.1. The highest BCUT2D eigenvalue weighted by atomic mass is 16.5.